The van der Waals surface area contributed by atoms with Gasteiger partial charge < -0.3 is 14.9 Å². The van der Waals surface area contributed by atoms with Gasteiger partial charge >= 0.3 is 17.9 Å². The van der Waals surface area contributed by atoms with Crippen LogP contribution in [0.15, 0.2) is 11.1 Å². The molecule has 90 valence electrons. The Hall–Kier alpha value is -1.85. The van der Waals surface area contributed by atoms with Crippen LogP contribution >= 0.6 is 0 Å². The van der Waals surface area contributed by atoms with Crippen molar-refractivity contribution in [2.45, 2.75) is 33.3 Å². The van der Waals surface area contributed by atoms with Crippen molar-refractivity contribution in [3.63, 3.8) is 0 Å². The number of esters is 1. The molecular formula is C10H14O6. The fourth-order valence-electron chi connectivity index (χ4n) is 1.14. The predicted molar refractivity (Wildman–Crippen MR) is 53.8 cm³/mol. The highest BCUT2D eigenvalue weighted by Crippen LogP contribution is 2.14. The number of rotatable bonds is 5. The van der Waals surface area contributed by atoms with Gasteiger partial charge in [-0.05, 0) is 13.8 Å². The third kappa shape index (κ3) is 4.59. The summed E-state index contributed by atoms with van der Waals surface area (Å²) >= 11 is 0. The highest BCUT2D eigenvalue weighted by atomic mass is 16.5. The number of carbonyl (C=O) groups excluding carboxylic acids is 1. The average molecular weight is 230 g/mol. The molecule has 0 heterocycles. The summed E-state index contributed by atoms with van der Waals surface area (Å²) in [5.41, 5.74) is -0.521. The van der Waals surface area contributed by atoms with Crippen LogP contribution in [0.3, 0.4) is 0 Å². The summed E-state index contributed by atoms with van der Waals surface area (Å²) in [5, 5.41) is 17.5. The molecule has 0 aromatic carbocycles. The van der Waals surface area contributed by atoms with E-state index in [-0.39, 0.29) is 17.6 Å². The van der Waals surface area contributed by atoms with Gasteiger partial charge in [0, 0.05) is 18.9 Å². The first kappa shape index (κ1) is 14.2. The lowest BCUT2D eigenvalue weighted by atomic mass is 10.0. The summed E-state index contributed by atoms with van der Waals surface area (Å²) in [6.07, 6.45) is -0.801. The summed E-state index contributed by atoms with van der Waals surface area (Å²) in [7, 11) is 0. The molecule has 6 nitrogen and oxygen atoms in total. The Morgan fingerprint density at radius 3 is 1.94 bits per heavy atom. The van der Waals surface area contributed by atoms with Gasteiger partial charge in [0.1, 0.15) is 6.10 Å². The SMILES string of the molecule is CC(=O)OC(C)CC(C(=O)O)=C(C)C(=O)O. The third-order valence-corrected chi connectivity index (χ3v) is 1.89. The number of carbonyl (C=O) groups is 3. The molecule has 2 N–H and O–H groups in total. The van der Waals surface area contributed by atoms with Crippen molar-refractivity contribution < 1.29 is 29.3 Å². The van der Waals surface area contributed by atoms with Gasteiger partial charge in [-0.2, -0.15) is 0 Å². The van der Waals surface area contributed by atoms with E-state index in [0.29, 0.717) is 0 Å². The van der Waals surface area contributed by atoms with Crippen molar-refractivity contribution >= 4 is 17.9 Å². The van der Waals surface area contributed by atoms with E-state index in [2.05, 4.69) is 0 Å². The van der Waals surface area contributed by atoms with Crippen LogP contribution in [0.2, 0.25) is 0 Å². The quantitative estimate of drug-likeness (QED) is 0.535. The molecule has 0 fully saturated rings. The van der Waals surface area contributed by atoms with Crippen molar-refractivity contribution in [1.82, 2.24) is 0 Å². The maximum Gasteiger partial charge on any atom is 0.332 e. The van der Waals surface area contributed by atoms with Gasteiger partial charge in [-0.1, -0.05) is 0 Å². The maximum absolute atomic E-state index is 10.8. The topological polar surface area (TPSA) is 101 Å². The standard InChI is InChI=1S/C10H14O6/c1-5(16-7(3)11)4-8(10(14)15)6(2)9(12)13/h5H,4H2,1-3H3,(H,12,13)(H,14,15). The monoisotopic (exact) mass is 230 g/mol. The van der Waals surface area contributed by atoms with E-state index in [1.54, 1.807) is 0 Å². The molecule has 0 saturated carbocycles. The number of aliphatic carboxylic acids is 2. The molecule has 6 heteroatoms. The number of hydrogen-bond acceptors (Lipinski definition) is 4. The fourth-order valence-corrected chi connectivity index (χ4v) is 1.14. The summed E-state index contributed by atoms with van der Waals surface area (Å²) in [4.78, 5) is 32.0. The minimum absolute atomic E-state index is 0.132. The van der Waals surface area contributed by atoms with Gasteiger partial charge in [0.15, 0.2) is 0 Å². The Labute approximate surface area is 92.5 Å². The van der Waals surface area contributed by atoms with Crippen LogP contribution in [0.25, 0.3) is 0 Å². The molecule has 0 rings (SSSR count). The fraction of sp³-hybridized carbons (Fsp3) is 0.500. The van der Waals surface area contributed by atoms with E-state index in [4.69, 9.17) is 14.9 Å². The molecule has 0 aliphatic rings. The van der Waals surface area contributed by atoms with Gasteiger partial charge in [-0.3, -0.25) is 4.79 Å². The van der Waals surface area contributed by atoms with Crippen molar-refractivity contribution in [3.8, 4) is 0 Å². The summed E-state index contributed by atoms with van der Waals surface area (Å²) in [5.74, 6) is -3.16. The van der Waals surface area contributed by atoms with Gasteiger partial charge in [0.2, 0.25) is 0 Å². The van der Waals surface area contributed by atoms with Crippen molar-refractivity contribution in [2.24, 2.45) is 0 Å². The molecule has 0 amide bonds. The van der Waals surface area contributed by atoms with Crippen LogP contribution in [0, 0.1) is 0 Å². The number of ether oxygens (including phenoxy) is 1. The molecule has 0 spiro atoms. The Bertz CT molecular complexity index is 341. The molecule has 0 aromatic rings. The minimum atomic E-state index is -1.32. The van der Waals surface area contributed by atoms with Crippen LogP contribution in [0.4, 0.5) is 0 Å². The highest BCUT2D eigenvalue weighted by Gasteiger charge is 2.20. The van der Waals surface area contributed by atoms with E-state index in [0.717, 1.165) is 0 Å². The lowest BCUT2D eigenvalue weighted by Crippen LogP contribution is -2.18. The van der Waals surface area contributed by atoms with Crippen molar-refractivity contribution in [1.29, 1.82) is 0 Å². The summed E-state index contributed by atoms with van der Waals surface area (Å²) in [6.45, 7) is 3.90. The third-order valence-electron chi connectivity index (χ3n) is 1.89. The van der Waals surface area contributed by atoms with Crippen LogP contribution in [0.1, 0.15) is 27.2 Å². The van der Waals surface area contributed by atoms with E-state index < -0.39 is 24.0 Å². The zero-order chi connectivity index (χ0) is 12.9. The van der Waals surface area contributed by atoms with E-state index in [1.807, 2.05) is 0 Å². The lowest BCUT2D eigenvalue weighted by molar-refractivity contribution is -0.146. The van der Waals surface area contributed by atoms with Gasteiger partial charge in [0.25, 0.3) is 0 Å². The number of carboxylic acids is 2. The van der Waals surface area contributed by atoms with Crippen molar-refractivity contribution in [2.75, 3.05) is 0 Å². The summed E-state index contributed by atoms with van der Waals surface area (Å²) in [6, 6.07) is 0. The predicted octanol–water partition coefficient (Wildman–Crippen LogP) is 0.814. The highest BCUT2D eigenvalue weighted by molar-refractivity contribution is 5.98. The average Bonchev–Trinajstić information content (AvgIpc) is 2.11. The molecule has 1 unspecified atom stereocenters. The van der Waals surface area contributed by atoms with Gasteiger partial charge in [0.05, 0.1) is 5.57 Å². The molecule has 0 bridgehead atoms. The summed E-state index contributed by atoms with van der Waals surface area (Å²) < 4.78 is 4.73. The zero-order valence-corrected chi connectivity index (χ0v) is 9.31. The second-order valence-electron chi connectivity index (χ2n) is 3.34. The zero-order valence-electron chi connectivity index (χ0n) is 9.31. The Balaban J connectivity index is 4.85. The van der Waals surface area contributed by atoms with E-state index in [1.165, 1.54) is 20.8 Å². The Morgan fingerprint density at radius 1 is 1.12 bits per heavy atom. The smallest absolute Gasteiger partial charge is 0.332 e. The molecule has 0 aromatic heterocycles. The normalized spacial score (nSPS) is 13.7. The molecule has 0 aliphatic heterocycles. The van der Waals surface area contributed by atoms with Gasteiger partial charge in [-0.25, -0.2) is 9.59 Å². The minimum Gasteiger partial charge on any atom is -0.478 e. The van der Waals surface area contributed by atoms with Gasteiger partial charge in [-0.15, -0.1) is 0 Å². The largest absolute Gasteiger partial charge is 0.478 e. The molecule has 1 atom stereocenters. The molecule has 16 heavy (non-hydrogen) atoms. The second-order valence-corrected chi connectivity index (χ2v) is 3.34. The first-order chi connectivity index (χ1) is 7.25. The second kappa shape index (κ2) is 5.89. The Kier molecular flexibility index (Phi) is 5.21. The number of carboxylic acid groups (broad SMARTS) is 2. The molecule has 0 saturated heterocycles. The van der Waals surface area contributed by atoms with E-state index in [9.17, 15) is 14.4 Å². The lowest BCUT2D eigenvalue weighted by Gasteiger charge is -2.13. The van der Waals surface area contributed by atoms with Crippen LogP contribution in [0.5, 0.6) is 0 Å². The van der Waals surface area contributed by atoms with Crippen LogP contribution < -0.4 is 0 Å². The van der Waals surface area contributed by atoms with Crippen LogP contribution in [-0.2, 0) is 19.1 Å². The van der Waals surface area contributed by atoms with Crippen molar-refractivity contribution in [3.05, 3.63) is 11.1 Å². The first-order valence-corrected chi connectivity index (χ1v) is 4.59. The first-order valence-electron chi connectivity index (χ1n) is 4.59. The molecular weight excluding hydrogens is 216 g/mol. The van der Waals surface area contributed by atoms with Crippen LogP contribution in [-0.4, -0.2) is 34.2 Å². The van der Waals surface area contributed by atoms with E-state index >= 15 is 0 Å². The maximum atomic E-state index is 10.8. The number of hydrogen-bond donors (Lipinski definition) is 2. The Morgan fingerprint density at radius 2 is 1.62 bits per heavy atom. The molecule has 0 aliphatic carbocycles. The molecule has 0 radical (unpaired) electrons.